The van der Waals surface area contributed by atoms with E-state index in [-0.39, 0.29) is 0 Å². The van der Waals surface area contributed by atoms with Crippen molar-refractivity contribution in [1.82, 2.24) is 5.17 Å². The summed E-state index contributed by atoms with van der Waals surface area (Å²) in [6.07, 6.45) is 0. The zero-order valence-corrected chi connectivity index (χ0v) is 5.37. The van der Waals surface area contributed by atoms with Gasteiger partial charge in [0, 0.05) is 6.92 Å². The smallest absolute Gasteiger partial charge is 0.279 e. The molecule has 9 heavy (non-hydrogen) atoms. The average Bonchev–Trinajstić information content (AvgIpc) is 1.82. The normalized spacial score (nSPS) is 7.67. The van der Waals surface area contributed by atoms with Crippen molar-refractivity contribution < 1.29 is 9.63 Å². The fourth-order valence-corrected chi connectivity index (χ4v) is 0.294. The van der Waals surface area contributed by atoms with Crippen LogP contribution in [0.3, 0.4) is 0 Å². The van der Waals surface area contributed by atoms with E-state index in [2.05, 4.69) is 9.92 Å². The van der Waals surface area contributed by atoms with Crippen molar-refractivity contribution in [2.24, 2.45) is 0 Å². The molecule has 0 radical (unpaired) electrons. The lowest BCUT2D eigenvalue weighted by molar-refractivity contribution is -0.175. The van der Waals surface area contributed by atoms with E-state index < -0.39 is 5.97 Å². The second kappa shape index (κ2) is 3.66. The Labute approximate surface area is 52.8 Å². The molecular weight excluding hydrogens is 122 g/mol. The minimum atomic E-state index is -0.505. The molecule has 0 N–H and O–H groups in total. The van der Waals surface area contributed by atoms with Gasteiger partial charge >= 0.3 is 11.1 Å². The summed E-state index contributed by atoms with van der Waals surface area (Å²) in [5, 5.41) is 11.5. The summed E-state index contributed by atoms with van der Waals surface area (Å²) in [5.74, 6) is -0.505. The van der Waals surface area contributed by atoms with E-state index >= 15 is 0 Å². The molecule has 0 aromatic carbocycles. The molecule has 0 aliphatic carbocycles. The first kappa shape index (κ1) is 7.69. The third kappa shape index (κ3) is 3.29. The van der Waals surface area contributed by atoms with Crippen LogP contribution in [0.25, 0.3) is 5.08 Å². The van der Waals surface area contributed by atoms with Gasteiger partial charge in [-0.05, 0) is 6.92 Å². The van der Waals surface area contributed by atoms with Crippen LogP contribution in [0.1, 0.15) is 13.8 Å². The second-order valence-corrected chi connectivity index (χ2v) is 1.34. The van der Waals surface area contributed by atoms with Crippen molar-refractivity contribution in [2.45, 2.75) is 13.8 Å². The van der Waals surface area contributed by atoms with Gasteiger partial charge in [0.2, 0.25) is 0 Å². The maximum Gasteiger partial charge on any atom is 0.345 e. The van der Waals surface area contributed by atoms with Crippen LogP contribution in [0.5, 0.6) is 0 Å². The fraction of sp³-hybridized carbons (Fsp3) is 0.750. The van der Waals surface area contributed by atoms with Gasteiger partial charge in [-0.1, -0.05) is 0 Å². The molecule has 5 nitrogen and oxygen atoms in total. The minimum Gasteiger partial charge on any atom is -0.279 e. The van der Waals surface area contributed by atoms with Gasteiger partial charge in [0.05, 0.1) is 0 Å². The topological polar surface area (TPSA) is 57.7 Å². The highest BCUT2D eigenvalue weighted by Crippen LogP contribution is 1.89. The predicted molar refractivity (Wildman–Crippen MR) is 29.2 cm³/mol. The Kier molecular flexibility index (Phi) is 3.13. The van der Waals surface area contributed by atoms with E-state index in [4.69, 9.17) is 5.39 Å². The molecule has 0 amide bonds. The molecule has 0 aliphatic rings. The molecule has 0 aliphatic heterocycles. The van der Waals surface area contributed by atoms with Crippen molar-refractivity contribution in [2.75, 3.05) is 6.54 Å². The Hall–Kier alpha value is -1.31. The van der Waals surface area contributed by atoms with Crippen molar-refractivity contribution in [1.29, 1.82) is 5.39 Å². The number of rotatable bonds is 2. The van der Waals surface area contributed by atoms with E-state index in [0.29, 0.717) is 6.54 Å². The molecule has 0 fully saturated rings. The number of hydrogen-bond acceptors (Lipinski definition) is 4. The number of carbonyl (C=O) groups is 1. The lowest BCUT2D eigenvalue weighted by atomic mass is 10.8. The summed E-state index contributed by atoms with van der Waals surface area (Å²) < 4.78 is 0. The highest BCUT2D eigenvalue weighted by molar-refractivity contribution is 5.65. The molecule has 0 saturated carbocycles. The van der Waals surface area contributed by atoms with Crippen LogP contribution < -0.4 is 0 Å². The van der Waals surface area contributed by atoms with Gasteiger partial charge in [-0.2, -0.15) is 0 Å². The quantitative estimate of drug-likeness (QED) is 0.404. The van der Waals surface area contributed by atoms with Gasteiger partial charge in [-0.25, -0.2) is 4.79 Å². The highest BCUT2D eigenvalue weighted by atomic mass is 16.7. The van der Waals surface area contributed by atoms with E-state index in [1.165, 1.54) is 6.92 Å². The first-order valence-corrected chi connectivity index (χ1v) is 2.51. The number of hydrogen-bond donors (Lipinski definition) is 0. The lowest BCUT2D eigenvalue weighted by Gasteiger charge is -1.95. The maximum absolute atomic E-state index is 10.1. The molecule has 0 bridgehead atoms. The van der Waals surface area contributed by atoms with Gasteiger partial charge in [0.1, 0.15) is 6.54 Å². The van der Waals surface area contributed by atoms with Crippen molar-refractivity contribution in [3.63, 3.8) is 0 Å². The first-order chi connectivity index (χ1) is 4.20. The van der Waals surface area contributed by atoms with Crippen LogP contribution in [0.4, 0.5) is 0 Å². The molecule has 0 aromatic heterocycles. The van der Waals surface area contributed by atoms with E-state index in [1.54, 1.807) is 6.92 Å². The molecule has 50 valence electrons. The average molecular weight is 130 g/mol. The van der Waals surface area contributed by atoms with Crippen LogP contribution in [-0.2, 0) is 9.63 Å². The summed E-state index contributed by atoms with van der Waals surface area (Å²) >= 11 is 0. The predicted octanol–water partition coefficient (Wildman–Crippen LogP) is 0.554. The molecular formula is C4H8N3O2+. The van der Waals surface area contributed by atoms with Gasteiger partial charge in [-0.3, -0.25) is 4.84 Å². The summed E-state index contributed by atoms with van der Waals surface area (Å²) in [7, 11) is 0. The van der Waals surface area contributed by atoms with Crippen molar-refractivity contribution in [3.8, 4) is 0 Å². The van der Waals surface area contributed by atoms with Crippen LogP contribution in [0.15, 0.2) is 0 Å². The zero-order chi connectivity index (χ0) is 7.28. The number of hydroxylamine groups is 1. The number of carbonyl (C=O) groups excluding carboxylic acids is 1. The molecule has 0 rings (SSSR count). The molecule has 5 heteroatoms. The third-order valence-corrected chi connectivity index (χ3v) is 0.604. The first-order valence-electron chi connectivity index (χ1n) is 2.51. The minimum absolute atomic E-state index is 0.329. The van der Waals surface area contributed by atoms with E-state index in [1.807, 2.05) is 0 Å². The summed E-state index contributed by atoms with van der Waals surface area (Å²) in [6.45, 7) is 3.24. The standard InChI is InChI=1S/C4H8N3O2/c1-3-7(6-5)9-4(2)8/h3H2,1-2H3/q+1. The summed E-state index contributed by atoms with van der Waals surface area (Å²) in [6, 6.07) is 0. The van der Waals surface area contributed by atoms with Crippen LogP contribution in [0, 0.1) is 5.39 Å². The number of nitrogens with zero attached hydrogens (tertiary/aromatic N) is 3. The molecule has 0 spiro atoms. The van der Waals surface area contributed by atoms with Gasteiger partial charge in [0.25, 0.3) is 5.39 Å². The Bertz CT molecular complexity index is 139. The van der Waals surface area contributed by atoms with Gasteiger partial charge in [-0.15, -0.1) is 0 Å². The summed E-state index contributed by atoms with van der Waals surface area (Å²) in [4.78, 5) is 14.5. The van der Waals surface area contributed by atoms with Crippen molar-refractivity contribution in [3.05, 3.63) is 5.08 Å². The highest BCUT2D eigenvalue weighted by Gasteiger charge is 2.12. The second-order valence-electron chi connectivity index (χ2n) is 1.34. The SMILES string of the molecule is CCN([N+]#N)OC(C)=O. The largest absolute Gasteiger partial charge is 0.345 e. The monoisotopic (exact) mass is 130 g/mol. The van der Waals surface area contributed by atoms with E-state index in [0.717, 1.165) is 5.17 Å². The Morgan fingerprint density at radius 1 is 1.89 bits per heavy atom. The lowest BCUT2D eigenvalue weighted by Crippen LogP contribution is -2.18. The molecule has 0 atom stereocenters. The molecule has 0 heterocycles. The van der Waals surface area contributed by atoms with Crippen LogP contribution >= 0.6 is 0 Å². The van der Waals surface area contributed by atoms with Gasteiger partial charge in [0.15, 0.2) is 5.17 Å². The Balaban J connectivity index is 3.60. The molecule has 0 unspecified atom stereocenters. The Morgan fingerprint density at radius 3 is 2.56 bits per heavy atom. The van der Waals surface area contributed by atoms with Crippen LogP contribution in [-0.4, -0.2) is 17.7 Å². The van der Waals surface area contributed by atoms with Gasteiger partial charge < -0.3 is 0 Å². The van der Waals surface area contributed by atoms with Crippen LogP contribution in [0.2, 0.25) is 0 Å². The Morgan fingerprint density at radius 2 is 2.44 bits per heavy atom. The molecule has 0 aromatic rings. The summed E-state index contributed by atoms with van der Waals surface area (Å²) in [5.41, 5.74) is 0. The zero-order valence-electron chi connectivity index (χ0n) is 5.37. The number of diazo groups is 1. The maximum atomic E-state index is 10.1. The third-order valence-electron chi connectivity index (χ3n) is 0.604. The molecule has 0 saturated heterocycles. The van der Waals surface area contributed by atoms with E-state index in [9.17, 15) is 4.79 Å². The van der Waals surface area contributed by atoms with Crippen molar-refractivity contribution >= 4 is 5.97 Å². The fourth-order valence-electron chi connectivity index (χ4n) is 0.294.